The van der Waals surface area contributed by atoms with Crippen LogP contribution in [0.25, 0.3) is 0 Å². The van der Waals surface area contributed by atoms with Crippen LogP contribution in [0.5, 0.6) is 11.5 Å². The van der Waals surface area contributed by atoms with Gasteiger partial charge < -0.3 is 10.1 Å². The highest BCUT2D eigenvalue weighted by molar-refractivity contribution is 6.04. The molecule has 26 heavy (non-hydrogen) atoms. The molecule has 0 spiro atoms. The van der Waals surface area contributed by atoms with Crippen molar-refractivity contribution in [2.24, 2.45) is 0 Å². The first kappa shape index (κ1) is 17.5. The lowest BCUT2D eigenvalue weighted by Crippen LogP contribution is -2.13. The van der Waals surface area contributed by atoms with Gasteiger partial charge in [-0.3, -0.25) is 4.79 Å². The third-order valence-corrected chi connectivity index (χ3v) is 3.54. The van der Waals surface area contributed by atoms with E-state index in [1.54, 1.807) is 24.3 Å². The SMILES string of the molecule is O=C(Nc1ccc(Oc2ccccc2)cc1)c1cccc(C(F)(F)F)c1. The molecule has 132 valence electrons. The maximum absolute atomic E-state index is 12.7. The zero-order valence-electron chi connectivity index (χ0n) is 13.5. The number of carbonyl (C=O) groups is 1. The van der Waals surface area contributed by atoms with Gasteiger partial charge in [0.1, 0.15) is 11.5 Å². The van der Waals surface area contributed by atoms with Gasteiger partial charge >= 0.3 is 6.18 Å². The van der Waals surface area contributed by atoms with E-state index < -0.39 is 17.6 Å². The fraction of sp³-hybridized carbons (Fsp3) is 0.0500. The fourth-order valence-electron chi connectivity index (χ4n) is 2.27. The number of hydrogen-bond acceptors (Lipinski definition) is 2. The summed E-state index contributed by atoms with van der Waals surface area (Å²) < 4.78 is 43.8. The predicted molar refractivity (Wildman–Crippen MR) is 92.4 cm³/mol. The van der Waals surface area contributed by atoms with E-state index in [2.05, 4.69) is 5.32 Å². The maximum atomic E-state index is 12.7. The van der Waals surface area contributed by atoms with Crippen LogP contribution in [-0.2, 0) is 6.18 Å². The number of hydrogen-bond donors (Lipinski definition) is 1. The van der Waals surface area contributed by atoms with E-state index in [4.69, 9.17) is 4.74 Å². The number of benzene rings is 3. The number of rotatable bonds is 4. The Morgan fingerprint density at radius 1 is 0.808 bits per heavy atom. The van der Waals surface area contributed by atoms with Crippen molar-refractivity contribution in [1.82, 2.24) is 0 Å². The minimum Gasteiger partial charge on any atom is -0.457 e. The van der Waals surface area contributed by atoms with E-state index >= 15 is 0 Å². The molecule has 0 radical (unpaired) electrons. The Balaban J connectivity index is 1.68. The summed E-state index contributed by atoms with van der Waals surface area (Å²) in [5.74, 6) is 0.634. The van der Waals surface area contributed by atoms with Crippen LogP contribution in [0, 0.1) is 0 Å². The van der Waals surface area contributed by atoms with E-state index in [9.17, 15) is 18.0 Å². The molecule has 0 aliphatic carbocycles. The van der Waals surface area contributed by atoms with E-state index in [0.717, 1.165) is 12.1 Å². The van der Waals surface area contributed by atoms with Crippen molar-refractivity contribution in [3.63, 3.8) is 0 Å². The third-order valence-electron chi connectivity index (χ3n) is 3.54. The molecule has 0 bridgehead atoms. The summed E-state index contributed by atoms with van der Waals surface area (Å²) in [7, 11) is 0. The second kappa shape index (κ2) is 7.31. The van der Waals surface area contributed by atoms with Crippen LogP contribution in [0.15, 0.2) is 78.9 Å². The van der Waals surface area contributed by atoms with Crippen LogP contribution in [0.4, 0.5) is 18.9 Å². The van der Waals surface area contributed by atoms with Crippen LogP contribution in [0.3, 0.4) is 0 Å². The Hall–Kier alpha value is -3.28. The Labute approximate surface area is 148 Å². The zero-order chi connectivity index (χ0) is 18.6. The zero-order valence-corrected chi connectivity index (χ0v) is 13.5. The van der Waals surface area contributed by atoms with Crippen LogP contribution in [0.2, 0.25) is 0 Å². The minimum atomic E-state index is -4.49. The molecule has 0 heterocycles. The van der Waals surface area contributed by atoms with Gasteiger partial charge in [-0.2, -0.15) is 13.2 Å². The van der Waals surface area contributed by atoms with Crippen molar-refractivity contribution in [3.05, 3.63) is 90.0 Å². The number of amides is 1. The van der Waals surface area contributed by atoms with Gasteiger partial charge in [0.05, 0.1) is 5.56 Å². The van der Waals surface area contributed by atoms with E-state index in [0.29, 0.717) is 17.2 Å². The summed E-state index contributed by atoms with van der Waals surface area (Å²) in [6.45, 7) is 0. The molecule has 0 atom stereocenters. The minimum absolute atomic E-state index is 0.0653. The smallest absolute Gasteiger partial charge is 0.416 e. The van der Waals surface area contributed by atoms with E-state index in [-0.39, 0.29) is 5.56 Å². The van der Waals surface area contributed by atoms with Gasteiger partial charge in [-0.25, -0.2) is 0 Å². The molecule has 1 amide bonds. The normalized spacial score (nSPS) is 11.0. The van der Waals surface area contributed by atoms with Gasteiger partial charge in [-0.05, 0) is 54.6 Å². The number of nitrogens with one attached hydrogen (secondary N) is 1. The molecular weight excluding hydrogens is 343 g/mol. The summed E-state index contributed by atoms with van der Waals surface area (Å²) in [6, 6.07) is 20.0. The number of anilines is 1. The molecule has 0 saturated heterocycles. The standard InChI is InChI=1S/C20H14F3NO2/c21-20(22,23)15-6-4-5-14(13-15)19(25)24-16-9-11-18(12-10-16)26-17-7-2-1-3-8-17/h1-13H,(H,24,25). The number of alkyl halides is 3. The fourth-order valence-corrected chi connectivity index (χ4v) is 2.27. The first-order valence-corrected chi connectivity index (χ1v) is 7.73. The van der Waals surface area contributed by atoms with Crippen LogP contribution in [-0.4, -0.2) is 5.91 Å². The molecule has 0 aliphatic rings. The summed E-state index contributed by atoms with van der Waals surface area (Å²) in [5, 5.41) is 2.57. The number of carbonyl (C=O) groups excluding carboxylic acids is 1. The van der Waals surface area contributed by atoms with Crippen molar-refractivity contribution in [2.45, 2.75) is 6.18 Å². The van der Waals surface area contributed by atoms with Gasteiger partial charge in [0.15, 0.2) is 0 Å². The van der Waals surface area contributed by atoms with Crippen LogP contribution in [0.1, 0.15) is 15.9 Å². The largest absolute Gasteiger partial charge is 0.457 e. The molecule has 0 aromatic heterocycles. The molecule has 3 aromatic rings. The molecule has 0 unspecified atom stereocenters. The summed E-state index contributed by atoms with van der Waals surface area (Å²) in [6.07, 6.45) is -4.49. The van der Waals surface area contributed by atoms with Crippen molar-refractivity contribution < 1.29 is 22.7 Å². The molecule has 0 saturated carbocycles. The van der Waals surface area contributed by atoms with Crippen molar-refractivity contribution in [3.8, 4) is 11.5 Å². The monoisotopic (exact) mass is 357 g/mol. The van der Waals surface area contributed by atoms with Crippen molar-refractivity contribution >= 4 is 11.6 Å². The topological polar surface area (TPSA) is 38.3 Å². The molecule has 1 N–H and O–H groups in total. The van der Waals surface area contributed by atoms with E-state index in [1.807, 2.05) is 30.3 Å². The Morgan fingerprint density at radius 2 is 1.46 bits per heavy atom. The Kier molecular flexibility index (Phi) is 4.93. The molecular formula is C20H14F3NO2. The molecule has 3 rings (SSSR count). The number of para-hydroxylation sites is 1. The quantitative estimate of drug-likeness (QED) is 0.646. The summed E-state index contributed by atoms with van der Waals surface area (Å²) in [5.41, 5.74) is -0.478. The lowest BCUT2D eigenvalue weighted by Gasteiger charge is -2.10. The highest BCUT2D eigenvalue weighted by Crippen LogP contribution is 2.30. The second-order valence-corrected chi connectivity index (χ2v) is 5.47. The van der Waals surface area contributed by atoms with Gasteiger partial charge in [-0.1, -0.05) is 24.3 Å². The predicted octanol–water partition coefficient (Wildman–Crippen LogP) is 5.75. The number of ether oxygens (including phenoxy) is 1. The highest BCUT2D eigenvalue weighted by Gasteiger charge is 2.30. The van der Waals surface area contributed by atoms with Crippen LogP contribution < -0.4 is 10.1 Å². The van der Waals surface area contributed by atoms with Crippen molar-refractivity contribution in [2.75, 3.05) is 5.32 Å². The Bertz CT molecular complexity index is 891. The molecule has 6 heteroatoms. The summed E-state index contributed by atoms with van der Waals surface area (Å²) >= 11 is 0. The third kappa shape index (κ3) is 4.42. The first-order chi connectivity index (χ1) is 12.4. The van der Waals surface area contributed by atoms with Gasteiger partial charge in [-0.15, -0.1) is 0 Å². The van der Waals surface area contributed by atoms with Crippen molar-refractivity contribution in [1.29, 1.82) is 0 Å². The molecule has 3 nitrogen and oxygen atoms in total. The lowest BCUT2D eigenvalue weighted by molar-refractivity contribution is -0.137. The average molecular weight is 357 g/mol. The van der Waals surface area contributed by atoms with E-state index in [1.165, 1.54) is 12.1 Å². The van der Waals surface area contributed by atoms with Gasteiger partial charge in [0, 0.05) is 11.3 Å². The Morgan fingerprint density at radius 3 is 2.12 bits per heavy atom. The average Bonchev–Trinajstić information content (AvgIpc) is 2.63. The second-order valence-electron chi connectivity index (χ2n) is 5.47. The highest BCUT2D eigenvalue weighted by atomic mass is 19.4. The first-order valence-electron chi connectivity index (χ1n) is 7.73. The van der Waals surface area contributed by atoms with Gasteiger partial charge in [0.2, 0.25) is 0 Å². The summed E-state index contributed by atoms with van der Waals surface area (Å²) in [4.78, 5) is 12.2. The lowest BCUT2D eigenvalue weighted by atomic mass is 10.1. The maximum Gasteiger partial charge on any atom is 0.416 e. The molecule has 3 aromatic carbocycles. The molecule has 0 fully saturated rings. The number of halogens is 3. The molecule has 0 aliphatic heterocycles. The van der Waals surface area contributed by atoms with Crippen LogP contribution >= 0.6 is 0 Å². The van der Waals surface area contributed by atoms with Gasteiger partial charge in [0.25, 0.3) is 5.91 Å².